The molecule has 6 nitrogen and oxygen atoms in total. The van der Waals surface area contributed by atoms with Gasteiger partial charge in [-0.3, -0.25) is 9.59 Å². The fourth-order valence-corrected chi connectivity index (χ4v) is 10.7. The molecule has 0 aromatic carbocycles. The standard InChI is InChI=1S/C70H133NO5/c1-3-5-7-9-11-13-15-17-19-21-22-23-25-28-31-34-38-42-46-50-54-58-62-68(73)67(66-72)71-69(74)63-59-55-51-47-43-39-35-32-29-26-24-27-30-33-37-41-45-49-53-57-61-65-76-70(75)64-60-56-52-48-44-40-36-20-18-16-14-12-10-8-6-4-2/h14,16,20,36,58,62,67-68,72-73H,3-13,15,17-19,21-35,37-57,59-61,63-66H2,1-2H3,(H,71,74)/b16-14-,36-20-,62-58+. The van der Waals surface area contributed by atoms with Gasteiger partial charge in [0.2, 0.25) is 5.91 Å². The largest absolute Gasteiger partial charge is 0.466 e. The summed E-state index contributed by atoms with van der Waals surface area (Å²) in [6.07, 6.45) is 83.5. The maximum atomic E-state index is 12.5. The van der Waals surface area contributed by atoms with Crippen molar-refractivity contribution in [3.05, 3.63) is 36.5 Å². The number of rotatable bonds is 64. The molecule has 0 saturated carbocycles. The van der Waals surface area contributed by atoms with Gasteiger partial charge in [-0.2, -0.15) is 0 Å². The minimum Gasteiger partial charge on any atom is -0.466 e. The van der Waals surface area contributed by atoms with Crippen molar-refractivity contribution in [3.8, 4) is 0 Å². The van der Waals surface area contributed by atoms with E-state index in [0.29, 0.717) is 19.4 Å². The van der Waals surface area contributed by atoms with Crippen molar-refractivity contribution in [3.63, 3.8) is 0 Å². The van der Waals surface area contributed by atoms with Crippen LogP contribution in [0.5, 0.6) is 0 Å². The van der Waals surface area contributed by atoms with E-state index in [1.807, 2.05) is 6.08 Å². The summed E-state index contributed by atoms with van der Waals surface area (Å²) in [4.78, 5) is 24.6. The van der Waals surface area contributed by atoms with Gasteiger partial charge in [0.05, 0.1) is 25.4 Å². The first-order valence-corrected chi connectivity index (χ1v) is 34.3. The molecule has 0 rings (SSSR count). The predicted octanol–water partition coefficient (Wildman–Crippen LogP) is 21.9. The molecule has 1 amide bonds. The Morgan fingerprint density at radius 3 is 1.01 bits per heavy atom. The van der Waals surface area contributed by atoms with E-state index in [2.05, 4.69) is 43.5 Å². The number of unbranched alkanes of at least 4 members (excludes halogenated alkanes) is 49. The van der Waals surface area contributed by atoms with Gasteiger partial charge in [-0.25, -0.2) is 0 Å². The third-order valence-electron chi connectivity index (χ3n) is 15.9. The van der Waals surface area contributed by atoms with Gasteiger partial charge in [-0.05, 0) is 64.2 Å². The summed E-state index contributed by atoms with van der Waals surface area (Å²) < 4.78 is 5.49. The second kappa shape index (κ2) is 65.6. The van der Waals surface area contributed by atoms with E-state index in [0.717, 1.165) is 51.4 Å². The van der Waals surface area contributed by atoms with Crippen LogP contribution in [0.15, 0.2) is 36.5 Å². The van der Waals surface area contributed by atoms with Crippen molar-refractivity contribution < 1.29 is 24.5 Å². The lowest BCUT2D eigenvalue weighted by Gasteiger charge is -2.20. The maximum Gasteiger partial charge on any atom is 0.305 e. The molecule has 0 fully saturated rings. The number of ether oxygens (including phenoxy) is 1. The van der Waals surface area contributed by atoms with Gasteiger partial charge < -0.3 is 20.3 Å². The third-order valence-corrected chi connectivity index (χ3v) is 15.9. The zero-order valence-electron chi connectivity index (χ0n) is 51.3. The number of aliphatic hydroxyl groups is 2. The molecule has 0 saturated heterocycles. The highest BCUT2D eigenvalue weighted by Gasteiger charge is 2.18. The van der Waals surface area contributed by atoms with Gasteiger partial charge >= 0.3 is 5.97 Å². The molecule has 0 aliphatic heterocycles. The first kappa shape index (κ1) is 74.1. The van der Waals surface area contributed by atoms with E-state index in [1.54, 1.807) is 6.08 Å². The van der Waals surface area contributed by atoms with Crippen molar-refractivity contribution in [2.75, 3.05) is 13.2 Å². The summed E-state index contributed by atoms with van der Waals surface area (Å²) >= 11 is 0. The lowest BCUT2D eigenvalue weighted by Crippen LogP contribution is -2.45. The zero-order valence-corrected chi connectivity index (χ0v) is 51.3. The highest BCUT2D eigenvalue weighted by molar-refractivity contribution is 5.76. The Balaban J connectivity index is 3.42. The Kier molecular flexibility index (Phi) is 63.9. The van der Waals surface area contributed by atoms with Crippen molar-refractivity contribution in [2.45, 2.75) is 386 Å². The van der Waals surface area contributed by atoms with Gasteiger partial charge in [0.15, 0.2) is 0 Å². The number of hydrogen-bond donors (Lipinski definition) is 3. The molecular weight excluding hydrogens is 935 g/mol. The molecule has 0 radical (unpaired) electrons. The number of carbonyl (C=O) groups excluding carboxylic acids is 2. The summed E-state index contributed by atoms with van der Waals surface area (Å²) in [5.41, 5.74) is 0. The number of esters is 1. The summed E-state index contributed by atoms with van der Waals surface area (Å²) in [6.45, 7) is 4.91. The number of carbonyl (C=O) groups is 2. The van der Waals surface area contributed by atoms with Crippen molar-refractivity contribution in [1.29, 1.82) is 0 Å². The quantitative estimate of drug-likeness (QED) is 0.0320. The van der Waals surface area contributed by atoms with Gasteiger partial charge in [0.25, 0.3) is 0 Å². The third kappa shape index (κ3) is 61.3. The molecule has 0 spiro atoms. The minimum absolute atomic E-state index is 0.00155. The van der Waals surface area contributed by atoms with Gasteiger partial charge in [0.1, 0.15) is 0 Å². The zero-order chi connectivity index (χ0) is 55.0. The fraction of sp³-hybridized carbons (Fsp3) is 0.886. The van der Waals surface area contributed by atoms with Crippen LogP contribution in [0.3, 0.4) is 0 Å². The average molecular weight is 1070 g/mol. The van der Waals surface area contributed by atoms with Crippen molar-refractivity contribution in [2.24, 2.45) is 0 Å². The highest BCUT2D eigenvalue weighted by Crippen LogP contribution is 2.18. The maximum absolute atomic E-state index is 12.5. The smallest absolute Gasteiger partial charge is 0.305 e. The molecule has 2 atom stereocenters. The molecule has 76 heavy (non-hydrogen) atoms. The number of amides is 1. The molecule has 0 heterocycles. The first-order chi connectivity index (χ1) is 37.5. The molecule has 3 N–H and O–H groups in total. The summed E-state index contributed by atoms with van der Waals surface area (Å²) in [7, 11) is 0. The molecule has 0 bridgehead atoms. The van der Waals surface area contributed by atoms with E-state index in [-0.39, 0.29) is 18.5 Å². The van der Waals surface area contributed by atoms with Crippen LogP contribution in [0.25, 0.3) is 0 Å². The van der Waals surface area contributed by atoms with Crippen molar-refractivity contribution in [1.82, 2.24) is 5.32 Å². The minimum atomic E-state index is -0.847. The van der Waals surface area contributed by atoms with E-state index in [4.69, 9.17) is 4.74 Å². The molecule has 2 unspecified atom stereocenters. The second-order valence-corrected chi connectivity index (χ2v) is 23.5. The Morgan fingerprint density at radius 1 is 0.368 bits per heavy atom. The summed E-state index contributed by atoms with van der Waals surface area (Å²) in [6, 6.07) is -0.630. The van der Waals surface area contributed by atoms with Crippen LogP contribution in [-0.4, -0.2) is 47.4 Å². The van der Waals surface area contributed by atoms with E-state index >= 15 is 0 Å². The Bertz CT molecular complexity index is 1230. The van der Waals surface area contributed by atoms with Crippen LogP contribution < -0.4 is 5.32 Å². The predicted molar refractivity (Wildman–Crippen MR) is 333 cm³/mol. The number of nitrogens with one attached hydrogen (secondary N) is 1. The Morgan fingerprint density at radius 2 is 0.658 bits per heavy atom. The SMILES string of the molecule is CCCCCC/C=C\C/C=C\CCCCCCCC(=O)OCCCCCCCCCCCCCCCCCCCCCCCC(=O)NC(CO)C(O)/C=C/CCCCCCCCCCCCCCCCCCCCCC. The Labute approximate surface area is 474 Å². The monoisotopic (exact) mass is 1070 g/mol. The second-order valence-electron chi connectivity index (χ2n) is 23.5. The van der Waals surface area contributed by atoms with Crippen LogP contribution in [-0.2, 0) is 14.3 Å². The highest BCUT2D eigenvalue weighted by atomic mass is 16.5. The van der Waals surface area contributed by atoms with E-state index in [9.17, 15) is 19.8 Å². The van der Waals surface area contributed by atoms with Crippen LogP contribution >= 0.6 is 0 Å². The molecule has 0 aliphatic rings. The van der Waals surface area contributed by atoms with Gasteiger partial charge in [0, 0.05) is 12.8 Å². The Hall–Kier alpha value is -1.92. The summed E-state index contributed by atoms with van der Waals surface area (Å²) in [5, 5.41) is 23.3. The van der Waals surface area contributed by atoms with Gasteiger partial charge in [-0.15, -0.1) is 0 Å². The average Bonchev–Trinajstić information content (AvgIpc) is 3.42. The normalized spacial score (nSPS) is 12.7. The van der Waals surface area contributed by atoms with Gasteiger partial charge in [-0.1, -0.05) is 333 Å². The molecule has 6 heteroatoms. The lowest BCUT2D eigenvalue weighted by atomic mass is 10.0. The molecule has 448 valence electrons. The topological polar surface area (TPSA) is 95.9 Å². The number of allylic oxidation sites excluding steroid dienone is 5. The number of aliphatic hydroxyl groups excluding tert-OH is 2. The molecule has 0 aromatic rings. The van der Waals surface area contributed by atoms with Crippen LogP contribution in [0, 0.1) is 0 Å². The van der Waals surface area contributed by atoms with Crippen LogP contribution in [0.2, 0.25) is 0 Å². The van der Waals surface area contributed by atoms with Crippen LogP contribution in [0.4, 0.5) is 0 Å². The molecule has 0 aromatic heterocycles. The van der Waals surface area contributed by atoms with E-state index in [1.165, 1.54) is 295 Å². The summed E-state index contributed by atoms with van der Waals surface area (Å²) in [5.74, 6) is -0.0672. The number of hydrogen-bond acceptors (Lipinski definition) is 5. The van der Waals surface area contributed by atoms with Crippen molar-refractivity contribution >= 4 is 11.9 Å². The fourth-order valence-electron chi connectivity index (χ4n) is 10.7. The van der Waals surface area contributed by atoms with E-state index < -0.39 is 12.1 Å². The van der Waals surface area contributed by atoms with Crippen LogP contribution in [0.1, 0.15) is 373 Å². The first-order valence-electron chi connectivity index (χ1n) is 34.3. The molecular formula is C70H133NO5. The molecule has 0 aliphatic carbocycles. The lowest BCUT2D eigenvalue weighted by molar-refractivity contribution is -0.143.